The molecule has 2 aromatic carbocycles. The molecule has 1 aromatic heterocycles. The molecule has 0 radical (unpaired) electrons. The molecule has 0 amide bonds. The van der Waals surface area contributed by atoms with Crippen molar-refractivity contribution in [3.8, 4) is 17.6 Å². The average Bonchev–Trinajstić information content (AvgIpc) is 2.75. The molecule has 0 bridgehead atoms. The highest BCUT2D eigenvalue weighted by Gasteiger charge is 2.34. The van der Waals surface area contributed by atoms with Crippen LogP contribution in [0.5, 0.6) is 11.5 Å². The molecule has 0 atom stereocenters. The van der Waals surface area contributed by atoms with E-state index in [2.05, 4.69) is 15.3 Å². The Labute approximate surface area is 183 Å². The van der Waals surface area contributed by atoms with Gasteiger partial charge < -0.3 is 19.7 Å². The summed E-state index contributed by atoms with van der Waals surface area (Å²) >= 11 is 0. The third-order valence-electron chi connectivity index (χ3n) is 4.64. The van der Waals surface area contributed by atoms with Gasteiger partial charge in [0, 0.05) is 18.0 Å². The molecule has 7 nitrogen and oxygen atoms in total. The van der Waals surface area contributed by atoms with Crippen LogP contribution in [0.15, 0.2) is 36.7 Å². The maximum Gasteiger partial charge on any atom is 0.418 e. The molecule has 0 saturated carbocycles. The molecule has 168 valence electrons. The number of nitriles is 1. The van der Waals surface area contributed by atoms with Crippen LogP contribution in [0.25, 0.3) is 10.9 Å². The van der Waals surface area contributed by atoms with Crippen LogP contribution in [-0.2, 0) is 6.18 Å². The lowest BCUT2D eigenvalue weighted by molar-refractivity contribution is -0.136. The van der Waals surface area contributed by atoms with Crippen LogP contribution >= 0.6 is 0 Å². The molecule has 10 heteroatoms. The fourth-order valence-electron chi connectivity index (χ4n) is 3.08. The molecule has 1 N–H and O–H groups in total. The molecule has 3 rings (SSSR count). The Morgan fingerprint density at radius 2 is 1.91 bits per heavy atom. The number of nitrogens with one attached hydrogen (secondary N) is 1. The first-order chi connectivity index (χ1) is 15.2. The largest absolute Gasteiger partial charge is 0.493 e. The lowest BCUT2D eigenvalue weighted by Crippen LogP contribution is -2.15. The SMILES string of the molecule is COc1cc2c(Nc3ccc(C#N)cc3C(F)(F)F)ncnc2cc1OCCCN(C)C. The van der Waals surface area contributed by atoms with E-state index in [9.17, 15) is 13.2 Å². The lowest BCUT2D eigenvalue weighted by atomic mass is 10.1. The van der Waals surface area contributed by atoms with Crippen LogP contribution < -0.4 is 14.8 Å². The maximum atomic E-state index is 13.5. The number of nitrogens with zero attached hydrogens (tertiary/aromatic N) is 4. The number of ether oxygens (including phenoxy) is 2. The first-order valence-corrected chi connectivity index (χ1v) is 9.71. The summed E-state index contributed by atoms with van der Waals surface area (Å²) in [5.41, 5.74) is -0.795. The Kier molecular flexibility index (Phi) is 7.00. The Balaban J connectivity index is 1.96. The molecule has 0 aliphatic carbocycles. The third-order valence-corrected chi connectivity index (χ3v) is 4.64. The molecule has 0 aliphatic rings. The Bertz CT molecular complexity index is 1140. The summed E-state index contributed by atoms with van der Waals surface area (Å²) in [6.07, 6.45) is -2.59. The van der Waals surface area contributed by atoms with Crippen LogP contribution in [-0.4, -0.2) is 49.2 Å². The van der Waals surface area contributed by atoms with Gasteiger partial charge in [-0.05, 0) is 44.8 Å². The van der Waals surface area contributed by atoms with Gasteiger partial charge in [0.05, 0.1) is 42.1 Å². The van der Waals surface area contributed by atoms with Gasteiger partial charge in [0.1, 0.15) is 12.1 Å². The van der Waals surface area contributed by atoms with Crippen molar-refractivity contribution in [3.05, 3.63) is 47.8 Å². The summed E-state index contributed by atoms with van der Waals surface area (Å²) in [5.74, 6) is 1.07. The minimum atomic E-state index is -4.65. The van der Waals surface area contributed by atoms with Crippen molar-refractivity contribution < 1.29 is 22.6 Å². The molecule has 0 saturated heterocycles. The first kappa shape index (κ1) is 23.1. The predicted octanol–water partition coefficient (Wildman–Crippen LogP) is 4.60. The molecular weight excluding hydrogens is 423 g/mol. The molecule has 0 aliphatic heterocycles. The Hall–Kier alpha value is -3.58. The summed E-state index contributed by atoms with van der Waals surface area (Å²) in [5, 5.41) is 12.1. The van der Waals surface area contributed by atoms with Crippen molar-refractivity contribution in [1.29, 1.82) is 5.26 Å². The Morgan fingerprint density at radius 3 is 2.56 bits per heavy atom. The van der Waals surface area contributed by atoms with Gasteiger partial charge in [-0.15, -0.1) is 0 Å². The summed E-state index contributed by atoms with van der Waals surface area (Å²) in [6.45, 7) is 1.33. The second-order valence-corrected chi connectivity index (χ2v) is 7.24. The number of methoxy groups -OCH3 is 1. The van der Waals surface area contributed by atoms with E-state index in [4.69, 9.17) is 14.7 Å². The fraction of sp³-hybridized carbons (Fsp3) is 0.318. The van der Waals surface area contributed by atoms with Gasteiger partial charge in [-0.2, -0.15) is 18.4 Å². The maximum absolute atomic E-state index is 13.5. The monoisotopic (exact) mass is 445 g/mol. The quantitative estimate of drug-likeness (QED) is 0.507. The van der Waals surface area contributed by atoms with E-state index in [1.807, 2.05) is 19.0 Å². The van der Waals surface area contributed by atoms with Crippen molar-refractivity contribution in [2.75, 3.05) is 39.7 Å². The number of halogens is 3. The predicted molar refractivity (Wildman–Crippen MR) is 114 cm³/mol. The van der Waals surface area contributed by atoms with E-state index in [1.54, 1.807) is 18.2 Å². The highest BCUT2D eigenvalue weighted by Crippen LogP contribution is 2.39. The van der Waals surface area contributed by atoms with Crippen LogP contribution in [0.4, 0.5) is 24.7 Å². The van der Waals surface area contributed by atoms with Crippen LogP contribution in [0.1, 0.15) is 17.5 Å². The summed E-state index contributed by atoms with van der Waals surface area (Å²) in [4.78, 5) is 10.4. The number of rotatable bonds is 8. The number of hydrogen-bond acceptors (Lipinski definition) is 7. The zero-order valence-electron chi connectivity index (χ0n) is 17.8. The highest BCUT2D eigenvalue weighted by molar-refractivity contribution is 5.93. The van der Waals surface area contributed by atoms with Gasteiger partial charge in [0.2, 0.25) is 0 Å². The van der Waals surface area contributed by atoms with Gasteiger partial charge in [0.25, 0.3) is 0 Å². The molecule has 0 spiro atoms. The van der Waals surface area contributed by atoms with E-state index in [1.165, 1.54) is 25.6 Å². The van der Waals surface area contributed by atoms with E-state index in [-0.39, 0.29) is 17.1 Å². The number of fused-ring (bicyclic) bond motifs is 1. The summed E-state index contributed by atoms with van der Waals surface area (Å²) in [7, 11) is 5.42. The standard InChI is InChI=1S/C22H22F3N5O2/c1-30(2)7-4-8-32-20-11-18-15(10-19(20)31-3)21(28-13-27-18)29-17-6-5-14(12-26)9-16(17)22(23,24)25/h5-6,9-11,13H,4,7-8H2,1-3H3,(H,27,28,29). The van der Waals surface area contributed by atoms with Crippen molar-refractivity contribution >= 4 is 22.4 Å². The van der Waals surface area contributed by atoms with Gasteiger partial charge in [-0.25, -0.2) is 9.97 Å². The minimum absolute atomic E-state index is 0.0897. The zero-order valence-corrected chi connectivity index (χ0v) is 17.8. The Morgan fingerprint density at radius 1 is 1.12 bits per heavy atom. The van der Waals surface area contributed by atoms with E-state index < -0.39 is 11.7 Å². The first-order valence-electron chi connectivity index (χ1n) is 9.71. The number of hydrogen-bond donors (Lipinski definition) is 1. The lowest BCUT2D eigenvalue weighted by Gasteiger charge is -2.17. The highest BCUT2D eigenvalue weighted by atomic mass is 19.4. The van der Waals surface area contributed by atoms with Gasteiger partial charge in [0.15, 0.2) is 11.5 Å². The average molecular weight is 445 g/mol. The number of aromatic nitrogens is 2. The molecular formula is C22H22F3N5O2. The molecule has 32 heavy (non-hydrogen) atoms. The van der Waals surface area contributed by atoms with E-state index in [0.717, 1.165) is 19.0 Å². The molecule has 0 fully saturated rings. The van der Waals surface area contributed by atoms with Gasteiger partial charge >= 0.3 is 6.18 Å². The van der Waals surface area contributed by atoms with Crippen LogP contribution in [0, 0.1) is 11.3 Å². The van der Waals surface area contributed by atoms with Crippen molar-refractivity contribution in [2.45, 2.75) is 12.6 Å². The fourth-order valence-corrected chi connectivity index (χ4v) is 3.08. The zero-order chi connectivity index (χ0) is 23.3. The van der Waals surface area contributed by atoms with E-state index >= 15 is 0 Å². The second kappa shape index (κ2) is 9.70. The molecule has 0 unspecified atom stereocenters. The normalized spacial score (nSPS) is 11.4. The summed E-state index contributed by atoms with van der Waals surface area (Å²) in [6, 6.07) is 8.32. The second-order valence-electron chi connectivity index (χ2n) is 7.24. The minimum Gasteiger partial charge on any atom is -0.493 e. The van der Waals surface area contributed by atoms with Crippen molar-refractivity contribution in [1.82, 2.24) is 14.9 Å². The third kappa shape index (κ3) is 5.36. The number of alkyl halides is 3. The van der Waals surface area contributed by atoms with Crippen LogP contribution in [0.2, 0.25) is 0 Å². The van der Waals surface area contributed by atoms with Crippen LogP contribution in [0.3, 0.4) is 0 Å². The van der Waals surface area contributed by atoms with Gasteiger partial charge in [-0.3, -0.25) is 0 Å². The van der Waals surface area contributed by atoms with E-state index in [0.29, 0.717) is 29.0 Å². The molecule has 1 heterocycles. The summed E-state index contributed by atoms with van der Waals surface area (Å²) < 4.78 is 51.8. The smallest absolute Gasteiger partial charge is 0.418 e. The van der Waals surface area contributed by atoms with Crippen molar-refractivity contribution in [3.63, 3.8) is 0 Å². The topological polar surface area (TPSA) is 83.3 Å². The number of benzene rings is 2. The number of anilines is 2. The van der Waals surface area contributed by atoms with Gasteiger partial charge in [-0.1, -0.05) is 0 Å². The van der Waals surface area contributed by atoms with Crippen molar-refractivity contribution in [2.24, 2.45) is 0 Å². The molecule has 3 aromatic rings.